The fraction of sp³-hybridized carbons (Fsp3) is 0.556. The summed E-state index contributed by atoms with van der Waals surface area (Å²) in [6, 6.07) is 0. The number of carboxylic acid groups (broad SMARTS) is 1. The highest BCUT2D eigenvalue weighted by Gasteiger charge is 2.23. The van der Waals surface area contributed by atoms with Crippen molar-refractivity contribution in [1.29, 1.82) is 0 Å². The number of hydrogen-bond acceptors (Lipinski definition) is 2. The van der Waals surface area contributed by atoms with E-state index in [9.17, 15) is 9.59 Å². The molecule has 0 saturated carbocycles. The molecular weight excluding hydrogens is 170 g/mol. The van der Waals surface area contributed by atoms with E-state index >= 15 is 0 Å². The summed E-state index contributed by atoms with van der Waals surface area (Å²) in [7, 11) is 1.57. The normalized spacial score (nSPS) is 11.9. The lowest BCUT2D eigenvalue weighted by atomic mass is 10.1. The molecule has 0 aromatic rings. The molecule has 13 heavy (non-hydrogen) atoms. The van der Waals surface area contributed by atoms with Crippen LogP contribution in [0.15, 0.2) is 12.2 Å². The number of hydrogen-bond donors (Lipinski definition) is 1. The van der Waals surface area contributed by atoms with E-state index in [1.807, 2.05) is 0 Å². The van der Waals surface area contributed by atoms with Gasteiger partial charge in [-0.25, -0.2) is 0 Å². The highest BCUT2D eigenvalue weighted by atomic mass is 16.4. The van der Waals surface area contributed by atoms with Crippen molar-refractivity contribution < 1.29 is 14.7 Å². The predicted molar refractivity (Wildman–Crippen MR) is 49.3 cm³/mol. The first kappa shape index (κ1) is 11.7. The standard InChI is InChI=1S/C9H15NO3/c1-6(2)5-10(4)8(11)7(3)9(12)13/h7H,1,5H2,2-4H3,(H,12,13). The molecule has 0 fully saturated rings. The van der Waals surface area contributed by atoms with Gasteiger partial charge in [0.15, 0.2) is 0 Å². The first-order chi connectivity index (χ1) is 5.86. The van der Waals surface area contributed by atoms with Crippen molar-refractivity contribution in [3.05, 3.63) is 12.2 Å². The average molecular weight is 185 g/mol. The van der Waals surface area contributed by atoms with Crippen LogP contribution in [0.2, 0.25) is 0 Å². The maximum absolute atomic E-state index is 11.3. The molecule has 0 aromatic carbocycles. The molecule has 0 heterocycles. The van der Waals surface area contributed by atoms with Crippen LogP contribution in [0.1, 0.15) is 13.8 Å². The first-order valence-corrected chi connectivity index (χ1v) is 3.98. The van der Waals surface area contributed by atoms with Gasteiger partial charge in [-0.15, -0.1) is 0 Å². The van der Waals surface area contributed by atoms with E-state index in [2.05, 4.69) is 6.58 Å². The number of amides is 1. The monoisotopic (exact) mass is 185 g/mol. The molecule has 0 aromatic heterocycles. The first-order valence-electron chi connectivity index (χ1n) is 3.98. The topological polar surface area (TPSA) is 57.6 Å². The van der Waals surface area contributed by atoms with Crippen molar-refractivity contribution in [3.8, 4) is 0 Å². The molecule has 0 spiro atoms. The fourth-order valence-electron chi connectivity index (χ4n) is 0.919. The molecule has 0 aliphatic rings. The van der Waals surface area contributed by atoms with Crippen LogP contribution in [0.3, 0.4) is 0 Å². The lowest BCUT2D eigenvalue weighted by Gasteiger charge is -2.19. The number of nitrogens with zero attached hydrogens (tertiary/aromatic N) is 1. The summed E-state index contributed by atoms with van der Waals surface area (Å²) in [4.78, 5) is 23.1. The third-order valence-corrected chi connectivity index (χ3v) is 1.62. The van der Waals surface area contributed by atoms with E-state index in [1.54, 1.807) is 14.0 Å². The van der Waals surface area contributed by atoms with E-state index in [0.29, 0.717) is 6.54 Å². The van der Waals surface area contributed by atoms with Gasteiger partial charge in [0.05, 0.1) is 0 Å². The van der Waals surface area contributed by atoms with Crippen molar-refractivity contribution in [2.24, 2.45) is 5.92 Å². The van der Waals surface area contributed by atoms with E-state index in [-0.39, 0.29) is 0 Å². The largest absolute Gasteiger partial charge is 0.481 e. The summed E-state index contributed by atoms with van der Waals surface area (Å²) in [6.45, 7) is 7.20. The average Bonchev–Trinajstić information content (AvgIpc) is 2.00. The van der Waals surface area contributed by atoms with Gasteiger partial charge in [0, 0.05) is 13.6 Å². The molecule has 0 saturated heterocycles. The number of rotatable bonds is 4. The number of likely N-dealkylation sites (N-methyl/N-ethyl adjacent to an activating group) is 1. The molecule has 1 unspecified atom stereocenters. The Morgan fingerprint density at radius 2 is 2.00 bits per heavy atom. The lowest BCUT2D eigenvalue weighted by Crippen LogP contribution is -2.36. The zero-order valence-corrected chi connectivity index (χ0v) is 8.20. The Morgan fingerprint density at radius 1 is 1.54 bits per heavy atom. The van der Waals surface area contributed by atoms with E-state index in [4.69, 9.17) is 5.11 Å². The Balaban J connectivity index is 4.25. The van der Waals surface area contributed by atoms with Gasteiger partial charge in [0.25, 0.3) is 0 Å². The van der Waals surface area contributed by atoms with Crippen LogP contribution in [0.25, 0.3) is 0 Å². The van der Waals surface area contributed by atoms with Gasteiger partial charge in [0.1, 0.15) is 5.92 Å². The minimum atomic E-state index is -1.10. The van der Waals surface area contributed by atoms with E-state index in [0.717, 1.165) is 5.57 Å². The highest BCUT2D eigenvalue weighted by Crippen LogP contribution is 2.02. The molecule has 1 atom stereocenters. The molecule has 0 aliphatic heterocycles. The summed E-state index contributed by atoms with van der Waals surface area (Å²) in [5.41, 5.74) is 0.827. The maximum Gasteiger partial charge on any atom is 0.315 e. The van der Waals surface area contributed by atoms with Gasteiger partial charge in [-0.2, -0.15) is 0 Å². The summed E-state index contributed by atoms with van der Waals surface area (Å²) >= 11 is 0. The number of aliphatic carboxylic acids is 1. The second kappa shape index (κ2) is 4.64. The smallest absolute Gasteiger partial charge is 0.315 e. The van der Waals surface area contributed by atoms with Crippen molar-refractivity contribution >= 4 is 11.9 Å². The van der Waals surface area contributed by atoms with Crippen LogP contribution >= 0.6 is 0 Å². The molecular formula is C9H15NO3. The summed E-state index contributed by atoms with van der Waals surface area (Å²) in [6.07, 6.45) is 0. The van der Waals surface area contributed by atoms with Crippen molar-refractivity contribution in [2.75, 3.05) is 13.6 Å². The highest BCUT2D eigenvalue weighted by molar-refractivity contribution is 5.96. The number of carbonyl (C=O) groups excluding carboxylic acids is 1. The van der Waals surface area contributed by atoms with Crippen LogP contribution in [-0.2, 0) is 9.59 Å². The summed E-state index contributed by atoms with van der Waals surface area (Å²) in [5, 5.41) is 8.57. The van der Waals surface area contributed by atoms with Gasteiger partial charge in [-0.05, 0) is 13.8 Å². The lowest BCUT2D eigenvalue weighted by molar-refractivity contribution is -0.149. The van der Waals surface area contributed by atoms with Crippen LogP contribution in [0.5, 0.6) is 0 Å². The van der Waals surface area contributed by atoms with Gasteiger partial charge < -0.3 is 10.0 Å². The number of carboxylic acids is 1. The Bertz CT molecular complexity index is 235. The second-order valence-corrected chi connectivity index (χ2v) is 3.21. The molecule has 1 amide bonds. The van der Waals surface area contributed by atoms with Crippen LogP contribution in [0, 0.1) is 5.92 Å². The predicted octanol–water partition coefficient (Wildman–Crippen LogP) is 0.742. The minimum Gasteiger partial charge on any atom is -0.481 e. The molecule has 4 heteroatoms. The van der Waals surface area contributed by atoms with Crippen molar-refractivity contribution in [2.45, 2.75) is 13.8 Å². The Morgan fingerprint density at radius 3 is 2.31 bits per heavy atom. The molecule has 74 valence electrons. The quantitative estimate of drug-likeness (QED) is 0.519. The molecule has 1 N–H and O–H groups in total. The fourth-order valence-corrected chi connectivity index (χ4v) is 0.919. The van der Waals surface area contributed by atoms with Crippen LogP contribution in [-0.4, -0.2) is 35.5 Å². The van der Waals surface area contributed by atoms with Crippen LogP contribution < -0.4 is 0 Å². The third kappa shape index (κ3) is 3.73. The summed E-state index contributed by atoms with van der Waals surface area (Å²) < 4.78 is 0. The maximum atomic E-state index is 11.3. The van der Waals surface area contributed by atoms with Gasteiger partial charge >= 0.3 is 5.97 Å². The Labute approximate surface area is 77.8 Å². The summed E-state index contributed by atoms with van der Waals surface area (Å²) in [5.74, 6) is -2.47. The molecule has 0 aliphatic carbocycles. The van der Waals surface area contributed by atoms with Crippen molar-refractivity contribution in [1.82, 2.24) is 4.90 Å². The molecule has 0 rings (SSSR count). The van der Waals surface area contributed by atoms with Gasteiger partial charge in [0.2, 0.25) is 5.91 Å². The zero-order valence-electron chi connectivity index (χ0n) is 8.20. The third-order valence-electron chi connectivity index (χ3n) is 1.62. The minimum absolute atomic E-state index is 0.393. The van der Waals surface area contributed by atoms with Gasteiger partial charge in [-0.1, -0.05) is 12.2 Å². The Kier molecular flexibility index (Phi) is 4.17. The number of carbonyl (C=O) groups is 2. The molecule has 4 nitrogen and oxygen atoms in total. The molecule has 0 bridgehead atoms. The van der Waals surface area contributed by atoms with E-state index in [1.165, 1.54) is 11.8 Å². The zero-order chi connectivity index (χ0) is 10.6. The second-order valence-electron chi connectivity index (χ2n) is 3.21. The molecule has 0 radical (unpaired) electrons. The van der Waals surface area contributed by atoms with Crippen molar-refractivity contribution in [3.63, 3.8) is 0 Å². The Hall–Kier alpha value is -1.32. The van der Waals surface area contributed by atoms with Crippen LogP contribution in [0.4, 0.5) is 0 Å². The van der Waals surface area contributed by atoms with E-state index < -0.39 is 17.8 Å². The van der Waals surface area contributed by atoms with Gasteiger partial charge in [-0.3, -0.25) is 9.59 Å². The SMILES string of the molecule is C=C(C)CN(C)C(=O)C(C)C(=O)O.